The van der Waals surface area contributed by atoms with Crippen molar-refractivity contribution < 1.29 is 4.74 Å². The van der Waals surface area contributed by atoms with Crippen LogP contribution in [-0.4, -0.2) is 19.2 Å². The van der Waals surface area contributed by atoms with Crippen LogP contribution in [0.2, 0.25) is 0 Å². The molecule has 0 radical (unpaired) electrons. The van der Waals surface area contributed by atoms with Gasteiger partial charge in [0.1, 0.15) is 5.75 Å². The lowest BCUT2D eigenvalue weighted by Crippen LogP contribution is -2.29. The summed E-state index contributed by atoms with van der Waals surface area (Å²) in [5, 5.41) is 3.61. The molecule has 0 spiro atoms. The molecule has 0 aliphatic carbocycles. The first-order valence-corrected chi connectivity index (χ1v) is 8.27. The second-order valence-corrected chi connectivity index (χ2v) is 5.73. The first-order valence-electron chi connectivity index (χ1n) is 8.27. The molecule has 2 heteroatoms. The molecule has 0 bridgehead atoms. The van der Waals surface area contributed by atoms with Crippen molar-refractivity contribution in [3.63, 3.8) is 0 Å². The molecule has 2 aromatic carbocycles. The smallest absolute Gasteiger partial charge is 0.119 e. The van der Waals surface area contributed by atoms with E-state index < -0.39 is 0 Å². The first-order chi connectivity index (χ1) is 10.8. The molecule has 0 aromatic heterocycles. The van der Waals surface area contributed by atoms with E-state index in [0.29, 0.717) is 6.04 Å². The molecule has 0 saturated carbocycles. The zero-order valence-electron chi connectivity index (χ0n) is 13.7. The third kappa shape index (κ3) is 5.90. The summed E-state index contributed by atoms with van der Waals surface area (Å²) in [6.45, 7) is 6.04. The van der Waals surface area contributed by atoms with Crippen molar-refractivity contribution in [3.8, 4) is 5.75 Å². The van der Waals surface area contributed by atoms with Gasteiger partial charge in [-0.25, -0.2) is 0 Å². The Morgan fingerprint density at radius 2 is 1.68 bits per heavy atom. The van der Waals surface area contributed by atoms with E-state index in [-0.39, 0.29) is 0 Å². The van der Waals surface area contributed by atoms with Crippen molar-refractivity contribution in [1.82, 2.24) is 5.32 Å². The van der Waals surface area contributed by atoms with Crippen molar-refractivity contribution in [3.05, 3.63) is 65.7 Å². The lowest BCUT2D eigenvalue weighted by Gasteiger charge is -2.14. The maximum absolute atomic E-state index is 5.47. The monoisotopic (exact) mass is 297 g/mol. The molecular weight excluding hydrogens is 270 g/mol. The number of rotatable bonds is 9. The molecular formula is C20H27NO. The topological polar surface area (TPSA) is 21.3 Å². The Balaban J connectivity index is 1.66. The Bertz CT molecular complexity index is 521. The minimum Gasteiger partial charge on any atom is -0.494 e. The Hall–Kier alpha value is -1.80. The molecule has 118 valence electrons. The molecule has 0 unspecified atom stereocenters. The van der Waals surface area contributed by atoms with Crippen molar-refractivity contribution in [2.45, 2.75) is 39.2 Å². The van der Waals surface area contributed by atoms with Gasteiger partial charge in [-0.05, 0) is 62.9 Å². The molecule has 0 aliphatic heterocycles. The van der Waals surface area contributed by atoms with Crippen LogP contribution in [0.3, 0.4) is 0 Å². The van der Waals surface area contributed by atoms with Crippen LogP contribution in [0.4, 0.5) is 0 Å². The normalized spacial score (nSPS) is 12.1. The fraction of sp³-hybridized carbons (Fsp3) is 0.400. The molecule has 0 heterocycles. The highest BCUT2D eigenvalue weighted by Gasteiger charge is 2.03. The zero-order chi connectivity index (χ0) is 15.6. The van der Waals surface area contributed by atoms with Gasteiger partial charge in [0.15, 0.2) is 0 Å². The van der Waals surface area contributed by atoms with E-state index in [1.807, 2.05) is 6.92 Å². The van der Waals surface area contributed by atoms with Gasteiger partial charge in [0.05, 0.1) is 6.61 Å². The van der Waals surface area contributed by atoms with Crippen molar-refractivity contribution in [2.24, 2.45) is 0 Å². The fourth-order valence-corrected chi connectivity index (χ4v) is 2.60. The molecule has 22 heavy (non-hydrogen) atoms. The Labute approximate surface area is 134 Å². The standard InChI is InChI=1S/C20H27NO/c1-3-22-20-13-11-19(12-14-20)16-17(2)21-15-7-10-18-8-5-4-6-9-18/h4-6,8-9,11-14,17,21H,3,7,10,15-16H2,1-2H3/t17-/m1/s1. The molecule has 0 amide bonds. The summed E-state index contributed by atoms with van der Waals surface area (Å²) >= 11 is 0. The van der Waals surface area contributed by atoms with Gasteiger partial charge in [-0.1, -0.05) is 42.5 Å². The van der Waals surface area contributed by atoms with Crippen LogP contribution in [-0.2, 0) is 12.8 Å². The van der Waals surface area contributed by atoms with Gasteiger partial charge in [0.2, 0.25) is 0 Å². The van der Waals surface area contributed by atoms with E-state index in [9.17, 15) is 0 Å². The van der Waals surface area contributed by atoms with Gasteiger partial charge >= 0.3 is 0 Å². The van der Waals surface area contributed by atoms with E-state index >= 15 is 0 Å². The number of ether oxygens (including phenoxy) is 1. The van der Waals surface area contributed by atoms with Crippen LogP contribution in [0.1, 0.15) is 31.4 Å². The highest BCUT2D eigenvalue weighted by molar-refractivity contribution is 5.27. The summed E-state index contributed by atoms with van der Waals surface area (Å²) in [5.74, 6) is 0.953. The number of aryl methyl sites for hydroxylation is 1. The van der Waals surface area contributed by atoms with Crippen LogP contribution < -0.4 is 10.1 Å². The Kier molecular flexibility index (Phi) is 6.98. The number of hydrogen-bond acceptors (Lipinski definition) is 2. The summed E-state index contributed by atoms with van der Waals surface area (Å²) in [6.07, 6.45) is 3.37. The fourth-order valence-electron chi connectivity index (χ4n) is 2.60. The molecule has 0 aliphatic rings. The quantitative estimate of drug-likeness (QED) is 0.699. The maximum atomic E-state index is 5.47. The zero-order valence-corrected chi connectivity index (χ0v) is 13.7. The molecule has 2 nitrogen and oxygen atoms in total. The third-order valence-corrected chi connectivity index (χ3v) is 3.75. The molecule has 0 saturated heterocycles. The second-order valence-electron chi connectivity index (χ2n) is 5.73. The van der Waals surface area contributed by atoms with Crippen molar-refractivity contribution >= 4 is 0 Å². The predicted octanol–water partition coefficient (Wildman–Crippen LogP) is 4.24. The highest BCUT2D eigenvalue weighted by atomic mass is 16.5. The van der Waals surface area contributed by atoms with Crippen LogP contribution in [0.5, 0.6) is 5.75 Å². The summed E-state index contributed by atoms with van der Waals surface area (Å²) < 4.78 is 5.47. The van der Waals surface area contributed by atoms with Gasteiger partial charge in [0, 0.05) is 6.04 Å². The SMILES string of the molecule is CCOc1ccc(C[C@@H](C)NCCCc2ccccc2)cc1. The first kappa shape index (κ1) is 16.6. The van der Waals surface area contributed by atoms with Crippen LogP contribution >= 0.6 is 0 Å². The van der Waals surface area contributed by atoms with Crippen LogP contribution in [0.25, 0.3) is 0 Å². The minimum atomic E-state index is 0.494. The van der Waals surface area contributed by atoms with E-state index in [1.54, 1.807) is 0 Å². The van der Waals surface area contributed by atoms with Gasteiger partial charge in [-0.2, -0.15) is 0 Å². The van der Waals surface area contributed by atoms with Gasteiger partial charge in [-0.15, -0.1) is 0 Å². The number of hydrogen-bond donors (Lipinski definition) is 1. The maximum Gasteiger partial charge on any atom is 0.119 e. The molecule has 0 fully saturated rings. The number of nitrogens with one attached hydrogen (secondary N) is 1. The largest absolute Gasteiger partial charge is 0.494 e. The van der Waals surface area contributed by atoms with E-state index in [1.165, 1.54) is 17.5 Å². The summed E-state index contributed by atoms with van der Waals surface area (Å²) in [4.78, 5) is 0. The summed E-state index contributed by atoms with van der Waals surface area (Å²) in [6, 6.07) is 19.6. The minimum absolute atomic E-state index is 0.494. The lowest BCUT2D eigenvalue weighted by molar-refractivity contribution is 0.340. The number of benzene rings is 2. The van der Waals surface area contributed by atoms with Crippen molar-refractivity contribution in [1.29, 1.82) is 0 Å². The second kappa shape index (κ2) is 9.26. The van der Waals surface area contributed by atoms with Crippen LogP contribution in [0.15, 0.2) is 54.6 Å². The van der Waals surface area contributed by atoms with Crippen molar-refractivity contribution in [2.75, 3.05) is 13.2 Å². The van der Waals surface area contributed by atoms with Gasteiger partial charge in [0.25, 0.3) is 0 Å². The summed E-state index contributed by atoms with van der Waals surface area (Å²) in [5.41, 5.74) is 2.77. The van der Waals surface area contributed by atoms with Gasteiger partial charge < -0.3 is 10.1 Å². The Morgan fingerprint density at radius 1 is 0.955 bits per heavy atom. The van der Waals surface area contributed by atoms with E-state index in [4.69, 9.17) is 4.74 Å². The van der Waals surface area contributed by atoms with E-state index in [0.717, 1.165) is 31.7 Å². The average Bonchev–Trinajstić information content (AvgIpc) is 2.55. The summed E-state index contributed by atoms with van der Waals surface area (Å²) in [7, 11) is 0. The highest BCUT2D eigenvalue weighted by Crippen LogP contribution is 2.13. The molecule has 2 rings (SSSR count). The predicted molar refractivity (Wildman–Crippen MR) is 93.5 cm³/mol. The lowest BCUT2D eigenvalue weighted by atomic mass is 10.1. The van der Waals surface area contributed by atoms with Crippen LogP contribution in [0, 0.1) is 0 Å². The molecule has 1 N–H and O–H groups in total. The molecule has 1 atom stereocenters. The van der Waals surface area contributed by atoms with E-state index in [2.05, 4.69) is 66.8 Å². The van der Waals surface area contributed by atoms with Gasteiger partial charge in [-0.3, -0.25) is 0 Å². The molecule has 2 aromatic rings. The Morgan fingerprint density at radius 3 is 2.36 bits per heavy atom. The average molecular weight is 297 g/mol. The third-order valence-electron chi connectivity index (χ3n) is 3.75.